The van der Waals surface area contributed by atoms with Crippen molar-refractivity contribution in [2.24, 2.45) is 4.99 Å². The molecular formula is C21H35N5O. The first-order valence-corrected chi connectivity index (χ1v) is 10.2. The molecule has 0 saturated carbocycles. The molecular weight excluding hydrogens is 338 g/mol. The lowest BCUT2D eigenvalue weighted by Gasteiger charge is -2.29. The van der Waals surface area contributed by atoms with Crippen LogP contribution in [0, 0.1) is 0 Å². The number of hydrogen-bond acceptors (Lipinski definition) is 3. The monoisotopic (exact) mass is 373 g/mol. The Morgan fingerprint density at radius 1 is 1.19 bits per heavy atom. The molecule has 1 aromatic rings. The molecule has 0 aliphatic carbocycles. The number of amides is 1. The average molecular weight is 374 g/mol. The molecule has 150 valence electrons. The number of carbonyl (C=O) groups is 1. The molecule has 2 rings (SSSR count). The molecule has 27 heavy (non-hydrogen) atoms. The minimum absolute atomic E-state index is 0.0755. The number of aliphatic imine (C=N–C) groups is 1. The second-order valence-electron chi connectivity index (χ2n) is 7.18. The molecule has 1 saturated heterocycles. The van der Waals surface area contributed by atoms with Crippen LogP contribution in [0.4, 0.5) is 0 Å². The van der Waals surface area contributed by atoms with Gasteiger partial charge in [0.1, 0.15) is 0 Å². The zero-order valence-electron chi connectivity index (χ0n) is 17.0. The van der Waals surface area contributed by atoms with Gasteiger partial charge in [-0.3, -0.25) is 14.7 Å². The van der Waals surface area contributed by atoms with Gasteiger partial charge in [-0.15, -0.1) is 0 Å². The Morgan fingerprint density at radius 2 is 1.89 bits per heavy atom. The molecule has 0 radical (unpaired) electrons. The van der Waals surface area contributed by atoms with Gasteiger partial charge in [-0.25, -0.2) is 0 Å². The summed E-state index contributed by atoms with van der Waals surface area (Å²) in [4.78, 5) is 18.7. The van der Waals surface area contributed by atoms with Gasteiger partial charge in [0.05, 0.1) is 6.04 Å². The van der Waals surface area contributed by atoms with E-state index < -0.39 is 0 Å². The summed E-state index contributed by atoms with van der Waals surface area (Å²) in [7, 11) is 1.77. The minimum Gasteiger partial charge on any atom is -0.356 e. The largest absolute Gasteiger partial charge is 0.356 e. The number of rotatable bonds is 9. The van der Waals surface area contributed by atoms with Crippen LogP contribution in [0.5, 0.6) is 0 Å². The van der Waals surface area contributed by atoms with E-state index in [2.05, 4.69) is 63.1 Å². The third-order valence-electron chi connectivity index (χ3n) is 5.12. The van der Waals surface area contributed by atoms with Gasteiger partial charge in [0, 0.05) is 32.6 Å². The summed E-state index contributed by atoms with van der Waals surface area (Å²) in [5.74, 6) is 0.818. The number of nitrogens with zero attached hydrogens (tertiary/aromatic N) is 2. The lowest BCUT2D eigenvalue weighted by atomic mass is 10.1. The van der Waals surface area contributed by atoms with Gasteiger partial charge < -0.3 is 16.0 Å². The fraction of sp³-hybridized carbons (Fsp3) is 0.619. The summed E-state index contributed by atoms with van der Waals surface area (Å²) in [5, 5.41) is 9.67. The Hall–Kier alpha value is -2.08. The van der Waals surface area contributed by atoms with E-state index in [0.29, 0.717) is 19.0 Å². The van der Waals surface area contributed by atoms with Crippen molar-refractivity contribution in [3.63, 3.8) is 0 Å². The molecule has 6 heteroatoms. The first-order chi connectivity index (χ1) is 13.1. The zero-order chi connectivity index (χ0) is 19.5. The Morgan fingerprint density at radius 3 is 2.52 bits per heavy atom. The highest BCUT2D eigenvalue weighted by Gasteiger charge is 2.23. The molecule has 0 spiro atoms. The van der Waals surface area contributed by atoms with E-state index in [1.807, 2.05) is 6.92 Å². The van der Waals surface area contributed by atoms with Gasteiger partial charge in [-0.1, -0.05) is 37.3 Å². The van der Waals surface area contributed by atoms with E-state index >= 15 is 0 Å². The van der Waals surface area contributed by atoms with E-state index in [1.165, 1.54) is 18.4 Å². The second-order valence-corrected chi connectivity index (χ2v) is 7.18. The van der Waals surface area contributed by atoms with Crippen molar-refractivity contribution in [3.8, 4) is 0 Å². The van der Waals surface area contributed by atoms with E-state index in [1.54, 1.807) is 7.05 Å². The summed E-state index contributed by atoms with van der Waals surface area (Å²) in [6.07, 6.45) is 3.92. The Labute approximate surface area is 163 Å². The third-order valence-corrected chi connectivity index (χ3v) is 5.12. The SMILES string of the molecule is CCC(C)NC(=O)CCNC(=NC)NCC(c1ccccc1)N1CCCC1. The quantitative estimate of drug-likeness (QED) is 0.459. The summed E-state index contributed by atoms with van der Waals surface area (Å²) < 4.78 is 0. The molecule has 1 aliphatic rings. The molecule has 0 aromatic heterocycles. The van der Waals surface area contributed by atoms with Crippen LogP contribution in [-0.2, 0) is 4.79 Å². The normalized spacial score (nSPS) is 17.4. The number of carbonyl (C=O) groups excluding carboxylic acids is 1. The van der Waals surface area contributed by atoms with E-state index in [0.717, 1.165) is 32.0 Å². The molecule has 0 bridgehead atoms. The maximum atomic E-state index is 11.9. The standard InChI is InChI=1S/C21H35N5O/c1-4-17(2)25-20(27)12-13-23-21(22-3)24-16-19(26-14-8-9-15-26)18-10-6-5-7-11-18/h5-7,10-11,17,19H,4,8-9,12-16H2,1-3H3,(H,25,27)(H2,22,23,24). The Bertz CT molecular complexity index is 583. The van der Waals surface area contributed by atoms with Gasteiger partial charge in [-0.05, 0) is 44.8 Å². The van der Waals surface area contributed by atoms with E-state index in [9.17, 15) is 4.79 Å². The van der Waals surface area contributed by atoms with Gasteiger partial charge in [0.15, 0.2) is 5.96 Å². The number of hydrogen-bond donors (Lipinski definition) is 3. The Balaban J connectivity index is 1.82. The fourth-order valence-corrected chi connectivity index (χ4v) is 3.34. The molecule has 6 nitrogen and oxygen atoms in total. The van der Waals surface area contributed by atoms with Crippen molar-refractivity contribution < 1.29 is 4.79 Å². The predicted molar refractivity (Wildman–Crippen MR) is 112 cm³/mol. The highest BCUT2D eigenvalue weighted by molar-refractivity contribution is 5.81. The highest BCUT2D eigenvalue weighted by Crippen LogP contribution is 2.24. The summed E-state index contributed by atoms with van der Waals surface area (Å²) in [6, 6.07) is 11.2. The number of likely N-dealkylation sites (tertiary alicyclic amines) is 1. The number of nitrogens with one attached hydrogen (secondary N) is 3. The number of benzene rings is 1. The van der Waals surface area contributed by atoms with Crippen LogP contribution in [0.2, 0.25) is 0 Å². The van der Waals surface area contributed by atoms with Crippen molar-refractivity contribution in [3.05, 3.63) is 35.9 Å². The molecule has 1 aromatic carbocycles. The van der Waals surface area contributed by atoms with Crippen molar-refractivity contribution in [1.82, 2.24) is 20.9 Å². The molecule has 1 fully saturated rings. The van der Waals surface area contributed by atoms with E-state index in [4.69, 9.17) is 0 Å². The van der Waals surface area contributed by atoms with Crippen molar-refractivity contribution in [2.45, 2.75) is 51.6 Å². The van der Waals surface area contributed by atoms with Crippen LogP contribution in [-0.4, -0.2) is 56.0 Å². The highest BCUT2D eigenvalue weighted by atomic mass is 16.1. The van der Waals surface area contributed by atoms with E-state index in [-0.39, 0.29) is 11.9 Å². The first kappa shape index (κ1) is 21.2. The van der Waals surface area contributed by atoms with Gasteiger partial charge in [0.25, 0.3) is 0 Å². The van der Waals surface area contributed by atoms with Crippen LogP contribution in [0.3, 0.4) is 0 Å². The van der Waals surface area contributed by atoms with Crippen molar-refractivity contribution in [1.29, 1.82) is 0 Å². The van der Waals surface area contributed by atoms with Gasteiger partial charge in [-0.2, -0.15) is 0 Å². The van der Waals surface area contributed by atoms with Crippen molar-refractivity contribution >= 4 is 11.9 Å². The van der Waals surface area contributed by atoms with Crippen LogP contribution >= 0.6 is 0 Å². The molecule has 1 aliphatic heterocycles. The maximum absolute atomic E-state index is 11.9. The minimum atomic E-state index is 0.0755. The van der Waals surface area contributed by atoms with Gasteiger partial charge in [0.2, 0.25) is 5.91 Å². The molecule has 2 unspecified atom stereocenters. The molecule has 3 N–H and O–H groups in total. The first-order valence-electron chi connectivity index (χ1n) is 10.2. The topological polar surface area (TPSA) is 68.8 Å². The average Bonchev–Trinajstić information content (AvgIpc) is 3.22. The molecule has 1 amide bonds. The smallest absolute Gasteiger partial charge is 0.221 e. The van der Waals surface area contributed by atoms with Crippen LogP contribution in [0.15, 0.2) is 35.3 Å². The lowest BCUT2D eigenvalue weighted by molar-refractivity contribution is -0.121. The Kier molecular flexibility index (Phi) is 9.11. The predicted octanol–water partition coefficient (Wildman–Crippen LogP) is 2.29. The molecule has 1 heterocycles. The molecule has 2 atom stereocenters. The van der Waals surface area contributed by atoms with Gasteiger partial charge >= 0.3 is 0 Å². The zero-order valence-corrected chi connectivity index (χ0v) is 17.0. The van der Waals surface area contributed by atoms with Crippen LogP contribution in [0.25, 0.3) is 0 Å². The number of guanidine groups is 1. The lowest BCUT2D eigenvalue weighted by Crippen LogP contribution is -2.44. The fourth-order valence-electron chi connectivity index (χ4n) is 3.34. The van der Waals surface area contributed by atoms with Crippen molar-refractivity contribution in [2.75, 3.05) is 33.2 Å². The summed E-state index contributed by atoms with van der Waals surface area (Å²) in [6.45, 7) is 7.74. The summed E-state index contributed by atoms with van der Waals surface area (Å²) >= 11 is 0. The third kappa shape index (κ3) is 7.21. The van der Waals surface area contributed by atoms with Crippen LogP contribution < -0.4 is 16.0 Å². The second kappa shape index (κ2) is 11.6. The maximum Gasteiger partial charge on any atom is 0.221 e. The van der Waals surface area contributed by atoms with Crippen LogP contribution in [0.1, 0.15) is 51.1 Å². The summed E-state index contributed by atoms with van der Waals surface area (Å²) in [5.41, 5.74) is 1.33.